The molecule has 0 aliphatic carbocycles. The molecule has 1 aromatic carbocycles. The average molecular weight is 377 g/mol. The third-order valence-corrected chi connectivity index (χ3v) is 5.40. The molecule has 28 heavy (non-hydrogen) atoms. The van der Waals surface area contributed by atoms with Crippen molar-refractivity contribution in [2.45, 2.75) is 26.2 Å². The highest BCUT2D eigenvalue weighted by atomic mass is 16.1. The van der Waals surface area contributed by atoms with Crippen LogP contribution in [0.3, 0.4) is 0 Å². The molecule has 146 valence electrons. The van der Waals surface area contributed by atoms with Crippen LogP contribution in [0, 0.1) is 0 Å². The molecule has 3 heterocycles. The fourth-order valence-corrected chi connectivity index (χ4v) is 4.00. The molecule has 0 unspecified atom stereocenters. The number of nitrogens with zero attached hydrogens (tertiary/aromatic N) is 2. The van der Waals surface area contributed by atoms with Crippen molar-refractivity contribution in [1.82, 2.24) is 10.2 Å². The molecule has 6 nitrogen and oxygen atoms in total. The number of carbonyl (C=O) groups is 1. The van der Waals surface area contributed by atoms with Gasteiger partial charge in [-0.3, -0.25) is 14.7 Å². The lowest BCUT2D eigenvalue weighted by Crippen LogP contribution is -2.31. The largest absolute Gasteiger partial charge is 0.366 e. The lowest BCUT2D eigenvalue weighted by atomic mass is 9.97. The smallest absolute Gasteiger partial charge is 0.267 e. The Hall–Kier alpha value is -2.86. The normalized spacial score (nSPS) is 19.8. The van der Waals surface area contributed by atoms with Crippen molar-refractivity contribution in [3.8, 4) is 0 Å². The minimum absolute atomic E-state index is 0.338. The predicted octanol–water partition coefficient (Wildman–Crippen LogP) is 2.60. The minimum Gasteiger partial charge on any atom is -0.366 e. The number of fused-ring (bicyclic) bond motifs is 1. The Kier molecular flexibility index (Phi) is 5.30. The van der Waals surface area contributed by atoms with E-state index < -0.39 is 5.91 Å². The predicted molar refractivity (Wildman–Crippen MR) is 114 cm³/mol. The van der Waals surface area contributed by atoms with E-state index in [0.29, 0.717) is 12.4 Å². The molecule has 0 radical (unpaired) electrons. The second-order valence-electron chi connectivity index (χ2n) is 7.59. The number of primary amides is 1. The van der Waals surface area contributed by atoms with E-state index in [0.717, 1.165) is 34.6 Å². The SMILES string of the molecule is CC1=CC(CN2CCCCC2)=CC(c2ccc3c(c2)C(C(N)=O)=NCN3)=CN1. The van der Waals surface area contributed by atoms with Gasteiger partial charge in [-0.25, -0.2) is 0 Å². The summed E-state index contributed by atoms with van der Waals surface area (Å²) in [6.45, 7) is 5.74. The first-order chi connectivity index (χ1) is 13.6. The molecule has 0 spiro atoms. The Labute approximate surface area is 165 Å². The van der Waals surface area contributed by atoms with E-state index in [1.807, 2.05) is 18.3 Å². The van der Waals surface area contributed by atoms with Crippen molar-refractivity contribution in [2.24, 2.45) is 10.7 Å². The fraction of sp³-hybridized carbons (Fsp3) is 0.364. The second-order valence-corrected chi connectivity index (χ2v) is 7.59. The molecule has 0 bridgehead atoms. The molecule has 0 saturated carbocycles. The van der Waals surface area contributed by atoms with Gasteiger partial charge in [0, 0.05) is 29.7 Å². The summed E-state index contributed by atoms with van der Waals surface area (Å²) in [5.41, 5.74) is 12.0. The lowest BCUT2D eigenvalue weighted by molar-refractivity contribution is -0.111. The van der Waals surface area contributed by atoms with Gasteiger partial charge < -0.3 is 16.4 Å². The highest BCUT2D eigenvalue weighted by Crippen LogP contribution is 2.28. The van der Waals surface area contributed by atoms with Gasteiger partial charge in [0.05, 0.1) is 0 Å². The molecule has 1 fully saturated rings. The summed E-state index contributed by atoms with van der Waals surface area (Å²) < 4.78 is 0. The molecule has 3 aliphatic rings. The molecular formula is C22H27N5O. The van der Waals surface area contributed by atoms with Crippen molar-refractivity contribution < 1.29 is 4.79 Å². The number of anilines is 1. The summed E-state index contributed by atoms with van der Waals surface area (Å²) in [6.07, 6.45) is 10.4. The Morgan fingerprint density at radius 2 is 2.04 bits per heavy atom. The maximum atomic E-state index is 11.8. The van der Waals surface area contributed by atoms with Crippen molar-refractivity contribution in [1.29, 1.82) is 0 Å². The Morgan fingerprint density at radius 3 is 2.82 bits per heavy atom. The molecule has 3 aliphatic heterocycles. The third kappa shape index (κ3) is 4.02. The van der Waals surface area contributed by atoms with E-state index >= 15 is 0 Å². The van der Waals surface area contributed by atoms with Crippen molar-refractivity contribution in [3.05, 3.63) is 58.9 Å². The Bertz CT molecular complexity index is 904. The molecule has 0 atom stereocenters. The van der Waals surface area contributed by atoms with Crippen molar-refractivity contribution in [2.75, 3.05) is 31.6 Å². The quantitative estimate of drug-likeness (QED) is 0.753. The van der Waals surface area contributed by atoms with E-state index in [4.69, 9.17) is 5.73 Å². The van der Waals surface area contributed by atoms with E-state index in [9.17, 15) is 4.79 Å². The summed E-state index contributed by atoms with van der Waals surface area (Å²) in [4.78, 5) is 18.6. The van der Waals surface area contributed by atoms with Crippen molar-refractivity contribution in [3.63, 3.8) is 0 Å². The maximum absolute atomic E-state index is 11.8. The molecule has 6 heteroatoms. The van der Waals surface area contributed by atoms with Crippen LogP contribution in [0.1, 0.15) is 37.3 Å². The first-order valence-electron chi connectivity index (χ1n) is 9.91. The monoisotopic (exact) mass is 377 g/mol. The van der Waals surface area contributed by atoms with Crippen LogP contribution in [0.5, 0.6) is 0 Å². The molecule has 1 saturated heterocycles. The highest BCUT2D eigenvalue weighted by Gasteiger charge is 2.20. The van der Waals surface area contributed by atoms with E-state index in [1.165, 1.54) is 37.9 Å². The number of piperidine rings is 1. The number of nitrogens with one attached hydrogen (secondary N) is 2. The summed E-state index contributed by atoms with van der Waals surface area (Å²) in [7, 11) is 0. The van der Waals surface area contributed by atoms with Crippen LogP contribution in [0.15, 0.2) is 52.8 Å². The number of amides is 1. The summed E-state index contributed by atoms with van der Waals surface area (Å²) >= 11 is 0. The summed E-state index contributed by atoms with van der Waals surface area (Å²) in [6, 6.07) is 6.06. The molecule has 1 aromatic rings. The number of benzene rings is 1. The van der Waals surface area contributed by atoms with Gasteiger partial charge in [0.1, 0.15) is 12.4 Å². The number of hydrogen-bond acceptors (Lipinski definition) is 5. The number of hydrogen-bond donors (Lipinski definition) is 3. The fourth-order valence-electron chi connectivity index (χ4n) is 4.00. The first-order valence-corrected chi connectivity index (χ1v) is 9.91. The third-order valence-electron chi connectivity index (χ3n) is 5.40. The zero-order valence-corrected chi connectivity index (χ0v) is 16.3. The molecule has 1 amide bonds. The van der Waals surface area contributed by atoms with Gasteiger partial charge >= 0.3 is 0 Å². The number of carbonyl (C=O) groups excluding carboxylic acids is 1. The number of allylic oxidation sites excluding steroid dienone is 3. The lowest BCUT2D eigenvalue weighted by Gasteiger charge is -2.26. The average Bonchev–Trinajstić information content (AvgIpc) is 2.89. The van der Waals surface area contributed by atoms with E-state index in [-0.39, 0.29) is 0 Å². The van der Waals surface area contributed by atoms with Gasteiger partial charge in [-0.05, 0) is 73.8 Å². The molecule has 0 aromatic heterocycles. The standard InChI is InChI=1S/C22H27N5O/c1-15-9-16(13-27-7-3-2-4-8-27)10-18(12-24-15)17-5-6-20-19(11-17)21(22(23)28)26-14-25-20/h5-6,9-12,24-25H,2-4,7-8,13-14H2,1H3,(H2,23,28). The van der Waals surface area contributed by atoms with Crippen LogP contribution in [0.2, 0.25) is 0 Å². The number of rotatable bonds is 4. The number of likely N-dealkylation sites (tertiary alicyclic amines) is 1. The van der Waals surface area contributed by atoms with Crippen LogP contribution in [-0.4, -0.2) is 42.8 Å². The van der Waals surface area contributed by atoms with E-state index in [2.05, 4.69) is 45.7 Å². The number of nitrogens with two attached hydrogens (primary N) is 1. The molecule has 4 rings (SSSR count). The van der Waals surface area contributed by atoms with Crippen LogP contribution in [0.4, 0.5) is 5.69 Å². The van der Waals surface area contributed by atoms with Gasteiger partial charge in [0.15, 0.2) is 0 Å². The summed E-state index contributed by atoms with van der Waals surface area (Å²) in [5.74, 6) is -0.494. The zero-order valence-electron chi connectivity index (χ0n) is 16.3. The van der Waals surface area contributed by atoms with Crippen LogP contribution in [0.25, 0.3) is 5.57 Å². The number of aliphatic imine (C=N–C) groups is 1. The van der Waals surface area contributed by atoms with Gasteiger partial charge in [0.2, 0.25) is 0 Å². The first kappa shape index (κ1) is 18.5. The van der Waals surface area contributed by atoms with Crippen LogP contribution < -0.4 is 16.4 Å². The van der Waals surface area contributed by atoms with Gasteiger partial charge in [-0.2, -0.15) is 0 Å². The van der Waals surface area contributed by atoms with Gasteiger partial charge in [-0.15, -0.1) is 0 Å². The molecular weight excluding hydrogens is 350 g/mol. The van der Waals surface area contributed by atoms with E-state index in [1.54, 1.807) is 0 Å². The van der Waals surface area contributed by atoms with Gasteiger partial charge in [-0.1, -0.05) is 12.5 Å². The maximum Gasteiger partial charge on any atom is 0.267 e. The second kappa shape index (κ2) is 8.02. The minimum atomic E-state index is -0.494. The van der Waals surface area contributed by atoms with Crippen molar-refractivity contribution >= 4 is 22.9 Å². The highest BCUT2D eigenvalue weighted by molar-refractivity contribution is 6.46. The Balaban J connectivity index is 1.64. The van der Waals surface area contributed by atoms with Crippen LogP contribution >= 0.6 is 0 Å². The van der Waals surface area contributed by atoms with Crippen LogP contribution in [-0.2, 0) is 4.79 Å². The molecule has 4 N–H and O–H groups in total. The topological polar surface area (TPSA) is 82.8 Å². The summed E-state index contributed by atoms with van der Waals surface area (Å²) in [5, 5.41) is 6.56. The zero-order chi connectivity index (χ0) is 19.5. The Morgan fingerprint density at radius 1 is 1.21 bits per heavy atom. The van der Waals surface area contributed by atoms with Gasteiger partial charge in [0.25, 0.3) is 5.91 Å².